The summed E-state index contributed by atoms with van der Waals surface area (Å²) in [6.45, 7) is 9.62. The zero-order chi connectivity index (χ0) is 21.6. The number of hydrogen-bond acceptors (Lipinski definition) is 4. The molecule has 0 aliphatic carbocycles. The lowest BCUT2D eigenvalue weighted by Gasteiger charge is -2.19. The Bertz CT molecular complexity index is 798. The molecule has 0 aliphatic rings. The van der Waals surface area contributed by atoms with Gasteiger partial charge in [-0.05, 0) is 32.4 Å². The summed E-state index contributed by atoms with van der Waals surface area (Å²) in [6.07, 6.45) is 2.15. The van der Waals surface area contributed by atoms with Crippen LogP contribution in [0.1, 0.15) is 38.3 Å². The molecule has 2 rings (SSSR count). The molecule has 0 aliphatic heterocycles. The lowest BCUT2D eigenvalue weighted by Crippen LogP contribution is -2.40. The van der Waals surface area contributed by atoms with Crippen molar-refractivity contribution in [3.63, 3.8) is 0 Å². The van der Waals surface area contributed by atoms with E-state index >= 15 is 0 Å². The minimum Gasteiger partial charge on any atom is -0.473 e. The molecule has 1 aromatic carbocycles. The smallest absolute Gasteiger partial charge is 0.224 e. The van der Waals surface area contributed by atoms with Gasteiger partial charge >= 0.3 is 0 Å². The van der Waals surface area contributed by atoms with Crippen LogP contribution in [-0.4, -0.2) is 47.9 Å². The number of halogens is 1. The van der Waals surface area contributed by atoms with Crippen molar-refractivity contribution in [2.45, 2.75) is 40.3 Å². The second-order valence-electron chi connectivity index (χ2n) is 6.68. The second kappa shape index (κ2) is 15.4. The molecule has 0 radical (unpaired) electrons. The summed E-state index contributed by atoms with van der Waals surface area (Å²) in [5.74, 6) is 1.40. The molecule has 0 unspecified atom stereocenters. The molecular weight excluding hydrogens is 505 g/mol. The summed E-state index contributed by atoms with van der Waals surface area (Å²) < 4.78 is 5.91. The van der Waals surface area contributed by atoms with Crippen LogP contribution in [-0.2, 0) is 17.9 Å². The first-order valence-electron chi connectivity index (χ1n) is 10.6. The highest BCUT2D eigenvalue weighted by atomic mass is 127. The standard InChI is InChI=1S/C23H33N5O2.HI/c1-4-24-23(26-16-14-21(29)28(5-2)6-3)27-17-20-13-10-15-25-22(20)30-18-19-11-8-7-9-12-19;/h7-13,15H,4-6,14,16-18H2,1-3H3,(H2,24,26,27);1H. The predicted molar refractivity (Wildman–Crippen MR) is 136 cm³/mol. The quantitative estimate of drug-likeness (QED) is 0.259. The minimum atomic E-state index is 0. The molecule has 1 aromatic heterocycles. The number of pyridine rings is 1. The zero-order valence-corrected chi connectivity index (χ0v) is 21.0. The Morgan fingerprint density at radius 3 is 2.48 bits per heavy atom. The third-order valence-electron chi connectivity index (χ3n) is 4.57. The third-order valence-corrected chi connectivity index (χ3v) is 4.57. The molecule has 1 heterocycles. The average Bonchev–Trinajstić information content (AvgIpc) is 2.78. The van der Waals surface area contributed by atoms with Gasteiger partial charge in [0, 0.05) is 44.4 Å². The maximum Gasteiger partial charge on any atom is 0.224 e. The number of carbonyl (C=O) groups is 1. The summed E-state index contributed by atoms with van der Waals surface area (Å²) in [5.41, 5.74) is 2.00. The van der Waals surface area contributed by atoms with E-state index in [0.717, 1.165) is 30.8 Å². The average molecular weight is 539 g/mol. The molecule has 31 heavy (non-hydrogen) atoms. The van der Waals surface area contributed by atoms with Gasteiger partial charge < -0.3 is 20.3 Å². The third kappa shape index (κ3) is 9.54. The summed E-state index contributed by atoms with van der Waals surface area (Å²) >= 11 is 0. The van der Waals surface area contributed by atoms with Crippen molar-refractivity contribution in [2.24, 2.45) is 4.99 Å². The number of aromatic nitrogens is 1. The Hall–Kier alpha value is -2.36. The molecule has 2 aromatic rings. The van der Waals surface area contributed by atoms with Crippen molar-refractivity contribution in [1.29, 1.82) is 0 Å². The number of benzene rings is 1. The number of hydrogen-bond donors (Lipinski definition) is 2. The van der Waals surface area contributed by atoms with Crippen LogP contribution in [0.5, 0.6) is 5.88 Å². The largest absolute Gasteiger partial charge is 0.473 e. The summed E-state index contributed by atoms with van der Waals surface area (Å²) in [4.78, 5) is 23.0. The number of amides is 1. The lowest BCUT2D eigenvalue weighted by molar-refractivity contribution is -0.130. The predicted octanol–water partition coefficient (Wildman–Crippen LogP) is 3.59. The summed E-state index contributed by atoms with van der Waals surface area (Å²) in [6, 6.07) is 13.8. The van der Waals surface area contributed by atoms with Crippen LogP contribution in [0.15, 0.2) is 53.7 Å². The van der Waals surface area contributed by atoms with Crippen molar-refractivity contribution >= 4 is 35.8 Å². The van der Waals surface area contributed by atoms with E-state index in [2.05, 4.69) is 20.6 Å². The minimum absolute atomic E-state index is 0. The van der Waals surface area contributed by atoms with Crippen molar-refractivity contribution in [2.75, 3.05) is 26.2 Å². The van der Waals surface area contributed by atoms with Gasteiger partial charge in [0.2, 0.25) is 11.8 Å². The molecule has 0 bridgehead atoms. The number of aliphatic imine (C=N–C) groups is 1. The maximum absolute atomic E-state index is 12.2. The van der Waals surface area contributed by atoms with Crippen molar-refractivity contribution < 1.29 is 9.53 Å². The molecule has 0 fully saturated rings. The van der Waals surface area contributed by atoms with Gasteiger partial charge in [-0.1, -0.05) is 36.4 Å². The maximum atomic E-state index is 12.2. The van der Waals surface area contributed by atoms with Gasteiger partial charge in [-0.15, -0.1) is 24.0 Å². The highest BCUT2D eigenvalue weighted by molar-refractivity contribution is 14.0. The fourth-order valence-electron chi connectivity index (χ4n) is 2.93. The van der Waals surface area contributed by atoms with Gasteiger partial charge in [-0.3, -0.25) is 4.79 Å². The Morgan fingerprint density at radius 1 is 1.06 bits per heavy atom. The highest BCUT2D eigenvalue weighted by Crippen LogP contribution is 2.17. The molecule has 7 nitrogen and oxygen atoms in total. The zero-order valence-electron chi connectivity index (χ0n) is 18.6. The van der Waals surface area contributed by atoms with Gasteiger partial charge in [0.05, 0.1) is 6.54 Å². The number of nitrogens with zero attached hydrogens (tertiary/aromatic N) is 3. The van der Waals surface area contributed by atoms with Gasteiger partial charge in [-0.25, -0.2) is 9.98 Å². The van der Waals surface area contributed by atoms with Gasteiger partial charge in [0.15, 0.2) is 5.96 Å². The fourth-order valence-corrected chi connectivity index (χ4v) is 2.93. The number of nitrogens with one attached hydrogen (secondary N) is 2. The van der Waals surface area contributed by atoms with E-state index in [-0.39, 0.29) is 29.9 Å². The van der Waals surface area contributed by atoms with Crippen LogP contribution in [0, 0.1) is 0 Å². The van der Waals surface area contributed by atoms with E-state index in [9.17, 15) is 4.79 Å². The highest BCUT2D eigenvalue weighted by Gasteiger charge is 2.10. The van der Waals surface area contributed by atoms with E-state index < -0.39 is 0 Å². The SMILES string of the molecule is CCNC(=NCc1cccnc1OCc1ccccc1)NCCC(=O)N(CC)CC.I. The topological polar surface area (TPSA) is 78.9 Å². The van der Waals surface area contributed by atoms with Crippen LogP contribution in [0.4, 0.5) is 0 Å². The first-order valence-corrected chi connectivity index (χ1v) is 10.6. The Balaban J connectivity index is 0.00000480. The molecule has 1 amide bonds. The van der Waals surface area contributed by atoms with Crippen molar-refractivity contribution in [3.05, 3.63) is 59.8 Å². The molecule has 0 saturated carbocycles. The van der Waals surface area contributed by atoms with E-state index in [0.29, 0.717) is 38.0 Å². The summed E-state index contributed by atoms with van der Waals surface area (Å²) in [7, 11) is 0. The molecule has 2 N–H and O–H groups in total. The van der Waals surface area contributed by atoms with Crippen LogP contribution in [0.3, 0.4) is 0 Å². The lowest BCUT2D eigenvalue weighted by atomic mass is 10.2. The van der Waals surface area contributed by atoms with Crippen LogP contribution >= 0.6 is 24.0 Å². The monoisotopic (exact) mass is 539 g/mol. The molecule has 170 valence electrons. The van der Waals surface area contributed by atoms with Crippen LogP contribution in [0.2, 0.25) is 0 Å². The molecule has 0 saturated heterocycles. The molecular formula is C23H34IN5O2. The van der Waals surface area contributed by atoms with Crippen molar-refractivity contribution in [3.8, 4) is 5.88 Å². The molecule has 8 heteroatoms. The number of guanidine groups is 1. The van der Waals surface area contributed by atoms with Gasteiger partial charge in [0.25, 0.3) is 0 Å². The fraction of sp³-hybridized carbons (Fsp3) is 0.435. The number of carbonyl (C=O) groups excluding carboxylic acids is 1. The second-order valence-corrected chi connectivity index (χ2v) is 6.68. The Morgan fingerprint density at radius 2 is 1.81 bits per heavy atom. The first-order chi connectivity index (χ1) is 14.7. The van der Waals surface area contributed by atoms with Gasteiger partial charge in [-0.2, -0.15) is 0 Å². The van der Waals surface area contributed by atoms with E-state index in [1.165, 1.54) is 0 Å². The Kier molecular flexibility index (Phi) is 13.3. The summed E-state index contributed by atoms with van der Waals surface area (Å²) in [5, 5.41) is 6.45. The molecule has 0 spiro atoms. The van der Waals surface area contributed by atoms with E-state index in [4.69, 9.17) is 4.74 Å². The number of rotatable bonds is 11. The van der Waals surface area contributed by atoms with Crippen molar-refractivity contribution in [1.82, 2.24) is 20.5 Å². The molecule has 0 atom stereocenters. The first kappa shape index (κ1) is 26.7. The number of ether oxygens (including phenoxy) is 1. The van der Waals surface area contributed by atoms with Gasteiger partial charge in [0.1, 0.15) is 6.61 Å². The van der Waals surface area contributed by atoms with Crippen LogP contribution in [0.25, 0.3) is 0 Å². The normalized spacial score (nSPS) is 10.7. The Labute approximate surface area is 202 Å². The van der Waals surface area contributed by atoms with Crippen LogP contribution < -0.4 is 15.4 Å². The van der Waals surface area contributed by atoms with E-state index in [1.807, 2.05) is 68.1 Å². The van der Waals surface area contributed by atoms with E-state index in [1.54, 1.807) is 6.20 Å².